The molecule has 0 aromatic rings. The van der Waals surface area contributed by atoms with Crippen LogP contribution in [-0.2, 0) is 9.53 Å². The maximum atomic E-state index is 12.0. The monoisotopic (exact) mass is 485 g/mol. The van der Waals surface area contributed by atoms with Gasteiger partial charge in [0.2, 0.25) is 5.91 Å². The van der Waals surface area contributed by atoms with Crippen molar-refractivity contribution in [1.82, 2.24) is 10.6 Å². The normalized spacial score (nSPS) is 14.2. The molecule has 0 rings (SSSR count). The van der Waals surface area contributed by atoms with Crippen LogP contribution in [0, 0.1) is 0 Å². The Labute approximate surface area is 215 Å². The maximum absolute atomic E-state index is 12.0. The Balaban J connectivity index is 4.84. The van der Waals surface area contributed by atoms with Crippen LogP contribution in [-0.4, -0.2) is 24.6 Å². The van der Waals surface area contributed by atoms with Gasteiger partial charge in [0.05, 0.1) is 12.4 Å². The van der Waals surface area contributed by atoms with E-state index in [1.807, 2.05) is 39.0 Å². The molecule has 5 nitrogen and oxygen atoms in total. The molecule has 5 heteroatoms. The third-order valence-electron chi connectivity index (χ3n) is 5.75. The van der Waals surface area contributed by atoms with Crippen LogP contribution in [0.2, 0.25) is 0 Å². The molecule has 0 aliphatic rings. The lowest BCUT2D eigenvalue weighted by molar-refractivity contribution is -0.114. The molecule has 1 unspecified atom stereocenters. The summed E-state index contributed by atoms with van der Waals surface area (Å²) in [6.45, 7) is 25.4. The van der Waals surface area contributed by atoms with E-state index in [9.17, 15) is 4.79 Å². The molecule has 0 saturated heterocycles. The minimum absolute atomic E-state index is 0.268. The molecule has 0 aromatic carbocycles. The fourth-order valence-electron chi connectivity index (χ4n) is 3.84. The van der Waals surface area contributed by atoms with Gasteiger partial charge in [0.1, 0.15) is 0 Å². The second-order valence-electron chi connectivity index (χ2n) is 9.40. The molecule has 35 heavy (non-hydrogen) atoms. The number of nitrogens with two attached hydrogens (primary N) is 1. The van der Waals surface area contributed by atoms with Crippen molar-refractivity contribution in [2.45, 2.75) is 105 Å². The second-order valence-corrected chi connectivity index (χ2v) is 9.40. The number of amides is 1. The van der Waals surface area contributed by atoms with E-state index >= 15 is 0 Å². The highest BCUT2D eigenvalue weighted by atomic mass is 16.5. The topological polar surface area (TPSA) is 76.4 Å². The van der Waals surface area contributed by atoms with Crippen LogP contribution in [0.4, 0.5) is 0 Å². The van der Waals surface area contributed by atoms with Crippen LogP contribution in [0.5, 0.6) is 0 Å². The van der Waals surface area contributed by atoms with Gasteiger partial charge >= 0.3 is 0 Å². The molecule has 0 fully saturated rings. The summed E-state index contributed by atoms with van der Waals surface area (Å²) < 4.78 is 5.68. The number of ether oxygens (including phenoxy) is 1. The van der Waals surface area contributed by atoms with Crippen LogP contribution >= 0.6 is 0 Å². The van der Waals surface area contributed by atoms with Gasteiger partial charge in [0.15, 0.2) is 0 Å². The SMILES string of the molecule is C=C(/C=C(\C)OCCCC)CC(=C)CCC/C(=C\C=C(/C)NC(CC)[C@H](CC)NC(=C)C)C(N)=O. The summed E-state index contributed by atoms with van der Waals surface area (Å²) in [5, 5.41) is 7.01. The van der Waals surface area contributed by atoms with E-state index in [0.29, 0.717) is 18.0 Å². The van der Waals surface area contributed by atoms with Crippen LogP contribution in [0.15, 0.2) is 71.8 Å². The number of allylic oxidation sites excluding steroid dienone is 8. The number of nitrogens with one attached hydrogen (secondary N) is 2. The molecule has 0 aliphatic heterocycles. The van der Waals surface area contributed by atoms with Crippen molar-refractivity contribution in [2.24, 2.45) is 5.73 Å². The number of primary amides is 1. The summed E-state index contributed by atoms with van der Waals surface area (Å²) in [6, 6.07) is 0.562. The summed E-state index contributed by atoms with van der Waals surface area (Å²) >= 11 is 0. The summed E-state index contributed by atoms with van der Waals surface area (Å²) in [5.41, 5.74) is 10.3. The molecule has 4 N–H and O–H groups in total. The molecule has 0 aliphatic carbocycles. The first-order valence-electron chi connectivity index (χ1n) is 13.0. The fourth-order valence-corrected chi connectivity index (χ4v) is 3.84. The number of carbonyl (C=O) groups is 1. The van der Waals surface area contributed by atoms with Gasteiger partial charge in [-0.15, -0.1) is 0 Å². The van der Waals surface area contributed by atoms with Gasteiger partial charge in [0.25, 0.3) is 0 Å². The first-order chi connectivity index (χ1) is 16.5. The number of hydrogen-bond donors (Lipinski definition) is 3. The zero-order valence-corrected chi connectivity index (χ0v) is 23.3. The maximum Gasteiger partial charge on any atom is 0.244 e. The number of rotatable bonds is 20. The fraction of sp³-hybridized carbons (Fsp3) is 0.567. The average molecular weight is 486 g/mol. The van der Waals surface area contributed by atoms with Crippen LogP contribution in [0.25, 0.3) is 0 Å². The van der Waals surface area contributed by atoms with Gasteiger partial charge in [-0.3, -0.25) is 4.79 Å². The van der Waals surface area contributed by atoms with Gasteiger partial charge in [-0.25, -0.2) is 0 Å². The van der Waals surface area contributed by atoms with E-state index in [0.717, 1.165) is 79.9 Å². The van der Waals surface area contributed by atoms with Crippen molar-refractivity contribution in [1.29, 1.82) is 0 Å². The van der Waals surface area contributed by atoms with Crippen molar-refractivity contribution >= 4 is 5.91 Å². The predicted molar refractivity (Wildman–Crippen MR) is 152 cm³/mol. The minimum atomic E-state index is -0.380. The molecule has 198 valence electrons. The Morgan fingerprint density at radius 2 is 1.57 bits per heavy atom. The van der Waals surface area contributed by atoms with Gasteiger partial charge < -0.3 is 21.1 Å². The van der Waals surface area contributed by atoms with Gasteiger partial charge in [-0.05, 0) is 83.4 Å². The van der Waals surface area contributed by atoms with Crippen molar-refractivity contribution in [3.8, 4) is 0 Å². The molecule has 2 atom stereocenters. The Hall–Kier alpha value is -2.69. The third kappa shape index (κ3) is 15.8. The standard InChI is InChI=1S/C30H51N3O2/c1-10-13-19-35-26(9)21-24(7)20-23(6)15-14-16-27(30(31)34)18-17-25(8)33-29(12-3)28(11-2)32-22(4)5/h17-18,21,28-29,32-33H,4,6-7,10-16,19-20H2,1-3,5,8-9H3,(H2,31,34)/b25-17+,26-21+,27-18+/t28-,29?/m0/s1. The molecule has 0 bridgehead atoms. The summed E-state index contributed by atoms with van der Waals surface area (Å²) in [5.74, 6) is 0.506. The van der Waals surface area contributed by atoms with Crippen LogP contribution in [0.1, 0.15) is 92.9 Å². The average Bonchev–Trinajstić information content (AvgIpc) is 2.77. The predicted octanol–water partition coefficient (Wildman–Crippen LogP) is 6.97. The van der Waals surface area contributed by atoms with E-state index in [2.05, 4.69) is 51.1 Å². The third-order valence-corrected chi connectivity index (χ3v) is 5.75. The van der Waals surface area contributed by atoms with Crippen molar-refractivity contribution in [3.63, 3.8) is 0 Å². The number of unbranched alkanes of at least 4 members (excludes halogenated alkanes) is 1. The lowest BCUT2D eigenvalue weighted by Gasteiger charge is -2.29. The lowest BCUT2D eigenvalue weighted by atomic mass is 9.99. The molecule has 0 aromatic heterocycles. The summed E-state index contributed by atoms with van der Waals surface area (Å²) in [6.07, 6.45) is 12.9. The Bertz CT molecular complexity index is 789. The molecule has 0 saturated carbocycles. The Morgan fingerprint density at radius 1 is 0.943 bits per heavy atom. The van der Waals surface area contributed by atoms with E-state index < -0.39 is 0 Å². The smallest absolute Gasteiger partial charge is 0.244 e. The van der Waals surface area contributed by atoms with Crippen LogP contribution in [0.3, 0.4) is 0 Å². The highest BCUT2D eigenvalue weighted by molar-refractivity contribution is 5.92. The van der Waals surface area contributed by atoms with E-state index in [1.165, 1.54) is 0 Å². The van der Waals surface area contributed by atoms with E-state index in [1.54, 1.807) is 0 Å². The molecule has 0 radical (unpaired) electrons. The highest BCUT2D eigenvalue weighted by Crippen LogP contribution is 2.19. The molecule has 0 heterocycles. The van der Waals surface area contributed by atoms with Gasteiger partial charge in [-0.2, -0.15) is 0 Å². The minimum Gasteiger partial charge on any atom is -0.498 e. The van der Waals surface area contributed by atoms with Crippen LogP contribution < -0.4 is 16.4 Å². The van der Waals surface area contributed by atoms with Crippen molar-refractivity contribution in [3.05, 3.63) is 71.8 Å². The zero-order chi connectivity index (χ0) is 26.8. The lowest BCUT2D eigenvalue weighted by Crippen LogP contribution is -2.46. The molecule has 0 spiro atoms. The quantitative estimate of drug-likeness (QED) is 0.0572. The second kappa shape index (κ2) is 18.6. The van der Waals surface area contributed by atoms with Crippen molar-refractivity contribution in [2.75, 3.05) is 6.61 Å². The first kappa shape index (κ1) is 32.3. The van der Waals surface area contributed by atoms with Gasteiger partial charge in [-0.1, -0.05) is 58.6 Å². The van der Waals surface area contributed by atoms with E-state index in [-0.39, 0.29) is 11.9 Å². The molecular weight excluding hydrogens is 434 g/mol. The molecule has 1 amide bonds. The summed E-state index contributed by atoms with van der Waals surface area (Å²) in [4.78, 5) is 12.0. The van der Waals surface area contributed by atoms with Gasteiger partial charge in [0, 0.05) is 29.1 Å². The zero-order valence-electron chi connectivity index (χ0n) is 23.3. The highest BCUT2D eigenvalue weighted by Gasteiger charge is 2.17. The van der Waals surface area contributed by atoms with E-state index in [4.69, 9.17) is 10.5 Å². The first-order valence-corrected chi connectivity index (χ1v) is 13.0. The largest absolute Gasteiger partial charge is 0.498 e. The Kier molecular flexibility index (Phi) is 17.2. The summed E-state index contributed by atoms with van der Waals surface area (Å²) in [7, 11) is 0. The molecular formula is C30H51N3O2. The van der Waals surface area contributed by atoms with Crippen molar-refractivity contribution < 1.29 is 9.53 Å². The number of hydrogen-bond acceptors (Lipinski definition) is 4. The number of carbonyl (C=O) groups excluding carboxylic acids is 1. The Morgan fingerprint density at radius 3 is 2.11 bits per heavy atom.